The van der Waals surface area contributed by atoms with Gasteiger partial charge in [0.1, 0.15) is 6.04 Å². The minimum Gasteiger partial charge on any atom is -0.326 e. The van der Waals surface area contributed by atoms with E-state index in [0.717, 1.165) is 17.5 Å². The van der Waals surface area contributed by atoms with E-state index in [1.54, 1.807) is 28.9 Å². The smallest absolute Gasteiger partial charge is 0.248 e. The summed E-state index contributed by atoms with van der Waals surface area (Å²) in [6.45, 7) is 4.37. The molecule has 3 rings (SSSR count). The highest BCUT2D eigenvalue weighted by molar-refractivity contribution is 5.97. The maximum Gasteiger partial charge on any atom is 0.248 e. The van der Waals surface area contributed by atoms with E-state index in [0.29, 0.717) is 18.8 Å². The van der Waals surface area contributed by atoms with Crippen molar-refractivity contribution in [2.24, 2.45) is 13.0 Å². The number of benzene rings is 1. The Bertz CT molecular complexity index is 783. The Morgan fingerprint density at radius 1 is 1.28 bits per heavy atom. The summed E-state index contributed by atoms with van der Waals surface area (Å²) in [5, 5.41) is 7.03. The summed E-state index contributed by atoms with van der Waals surface area (Å²) >= 11 is 0. The van der Waals surface area contributed by atoms with Crippen molar-refractivity contribution >= 4 is 17.6 Å². The quantitative estimate of drug-likeness (QED) is 0.929. The van der Waals surface area contributed by atoms with Gasteiger partial charge in [0.15, 0.2) is 5.82 Å². The predicted molar refractivity (Wildman–Crippen MR) is 95.8 cm³/mol. The summed E-state index contributed by atoms with van der Waals surface area (Å²) in [4.78, 5) is 27.4. The molecule has 0 bridgehead atoms. The molecule has 2 amide bonds. The molecule has 1 aliphatic heterocycles. The molecular formula is C19H24N4O2. The molecule has 0 saturated heterocycles. The van der Waals surface area contributed by atoms with E-state index in [1.807, 2.05) is 38.1 Å². The number of rotatable bonds is 4. The molecule has 0 saturated carbocycles. The van der Waals surface area contributed by atoms with Crippen LogP contribution in [0.5, 0.6) is 0 Å². The SMILES string of the molecule is CC[C@@H](C)C(=O)N1Cc2ccccc2C[C@@H]1C(=O)Nc1ccn(C)n1. The number of nitrogens with zero attached hydrogens (tertiary/aromatic N) is 3. The van der Waals surface area contributed by atoms with E-state index < -0.39 is 6.04 Å². The van der Waals surface area contributed by atoms with Crippen LogP contribution in [-0.2, 0) is 29.6 Å². The van der Waals surface area contributed by atoms with Crippen LogP contribution in [0.3, 0.4) is 0 Å². The number of hydrogen-bond donors (Lipinski definition) is 1. The lowest BCUT2D eigenvalue weighted by atomic mass is 9.92. The maximum atomic E-state index is 12.9. The summed E-state index contributed by atoms with van der Waals surface area (Å²) in [7, 11) is 1.80. The predicted octanol–water partition coefficient (Wildman–Crippen LogP) is 2.36. The molecule has 0 radical (unpaired) electrons. The summed E-state index contributed by atoms with van der Waals surface area (Å²) in [5.74, 6) is 0.237. The third-order valence-electron chi connectivity index (χ3n) is 4.83. The van der Waals surface area contributed by atoms with E-state index in [2.05, 4.69) is 10.4 Å². The molecule has 1 aromatic carbocycles. The second-order valence-corrected chi connectivity index (χ2v) is 6.63. The number of carbonyl (C=O) groups excluding carboxylic acids is 2. The molecule has 0 unspecified atom stereocenters. The molecule has 2 atom stereocenters. The van der Waals surface area contributed by atoms with Crippen molar-refractivity contribution in [1.82, 2.24) is 14.7 Å². The van der Waals surface area contributed by atoms with Crippen LogP contribution in [-0.4, -0.2) is 32.5 Å². The first-order chi connectivity index (χ1) is 12.0. The lowest BCUT2D eigenvalue weighted by Crippen LogP contribution is -2.52. The number of carbonyl (C=O) groups is 2. The summed E-state index contributed by atoms with van der Waals surface area (Å²) in [6, 6.07) is 9.23. The first kappa shape index (κ1) is 17.2. The van der Waals surface area contributed by atoms with E-state index in [-0.39, 0.29) is 17.7 Å². The standard InChI is InChI=1S/C19H24N4O2/c1-4-13(2)19(25)23-12-15-8-6-5-7-14(15)11-16(23)18(24)20-17-9-10-22(3)21-17/h5-10,13,16H,4,11-12H2,1-3H3,(H,20,21,24)/t13-,16-/m1/s1. The molecule has 2 heterocycles. The number of aromatic nitrogens is 2. The van der Waals surface area contributed by atoms with Crippen LogP contribution in [0.2, 0.25) is 0 Å². The van der Waals surface area contributed by atoms with Gasteiger partial charge >= 0.3 is 0 Å². The monoisotopic (exact) mass is 340 g/mol. The Morgan fingerprint density at radius 2 is 2.00 bits per heavy atom. The fourth-order valence-corrected chi connectivity index (χ4v) is 3.14. The van der Waals surface area contributed by atoms with Gasteiger partial charge < -0.3 is 10.2 Å². The molecule has 1 aliphatic rings. The zero-order valence-electron chi connectivity index (χ0n) is 14.9. The van der Waals surface area contributed by atoms with E-state index >= 15 is 0 Å². The van der Waals surface area contributed by atoms with Crippen molar-refractivity contribution in [3.8, 4) is 0 Å². The number of hydrogen-bond acceptors (Lipinski definition) is 3. The van der Waals surface area contributed by atoms with Gasteiger partial charge in [-0.2, -0.15) is 5.10 Å². The number of amides is 2. The van der Waals surface area contributed by atoms with Crippen LogP contribution in [0, 0.1) is 5.92 Å². The van der Waals surface area contributed by atoms with E-state index in [1.165, 1.54) is 0 Å². The zero-order chi connectivity index (χ0) is 18.0. The van der Waals surface area contributed by atoms with Crippen LogP contribution >= 0.6 is 0 Å². The number of nitrogens with one attached hydrogen (secondary N) is 1. The van der Waals surface area contributed by atoms with Gasteiger partial charge in [-0.05, 0) is 17.5 Å². The van der Waals surface area contributed by atoms with Gasteiger partial charge in [0.2, 0.25) is 11.8 Å². The molecule has 25 heavy (non-hydrogen) atoms. The third kappa shape index (κ3) is 3.57. The minimum atomic E-state index is -0.515. The molecule has 0 aliphatic carbocycles. The molecular weight excluding hydrogens is 316 g/mol. The van der Waals surface area contributed by atoms with Crippen LogP contribution in [0.25, 0.3) is 0 Å². The average Bonchev–Trinajstić information content (AvgIpc) is 3.03. The van der Waals surface area contributed by atoms with Crippen LogP contribution in [0.4, 0.5) is 5.82 Å². The lowest BCUT2D eigenvalue weighted by Gasteiger charge is -2.37. The fraction of sp³-hybridized carbons (Fsp3) is 0.421. The van der Waals surface area contributed by atoms with Gasteiger partial charge in [-0.15, -0.1) is 0 Å². The number of fused-ring (bicyclic) bond motifs is 1. The van der Waals surface area contributed by atoms with Crippen LogP contribution in [0.15, 0.2) is 36.5 Å². The topological polar surface area (TPSA) is 67.2 Å². The van der Waals surface area contributed by atoms with Gasteiger partial charge in [-0.25, -0.2) is 0 Å². The van der Waals surface area contributed by atoms with Crippen molar-refractivity contribution in [2.45, 2.75) is 39.3 Å². The highest BCUT2D eigenvalue weighted by atomic mass is 16.2. The maximum absolute atomic E-state index is 12.9. The molecule has 6 heteroatoms. The van der Waals surface area contributed by atoms with Gasteiger partial charge in [-0.1, -0.05) is 38.1 Å². The third-order valence-corrected chi connectivity index (χ3v) is 4.83. The van der Waals surface area contributed by atoms with Crippen LogP contribution in [0.1, 0.15) is 31.4 Å². The van der Waals surface area contributed by atoms with Crippen molar-refractivity contribution in [1.29, 1.82) is 0 Å². The zero-order valence-corrected chi connectivity index (χ0v) is 14.9. The molecule has 0 fully saturated rings. The fourth-order valence-electron chi connectivity index (χ4n) is 3.14. The number of anilines is 1. The van der Waals surface area contributed by atoms with Crippen LogP contribution < -0.4 is 5.32 Å². The minimum absolute atomic E-state index is 0.0261. The van der Waals surface area contributed by atoms with Crippen molar-refractivity contribution < 1.29 is 9.59 Å². The molecule has 1 aromatic heterocycles. The summed E-state index contributed by atoms with van der Waals surface area (Å²) < 4.78 is 1.63. The Morgan fingerprint density at radius 3 is 2.64 bits per heavy atom. The van der Waals surface area contributed by atoms with Crippen molar-refractivity contribution in [3.05, 3.63) is 47.7 Å². The largest absolute Gasteiger partial charge is 0.326 e. The molecule has 2 aromatic rings. The number of aryl methyl sites for hydroxylation is 1. The first-order valence-corrected chi connectivity index (χ1v) is 8.67. The molecule has 6 nitrogen and oxygen atoms in total. The van der Waals surface area contributed by atoms with E-state index in [9.17, 15) is 9.59 Å². The summed E-state index contributed by atoms with van der Waals surface area (Å²) in [6.07, 6.45) is 3.05. The Balaban J connectivity index is 1.87. The Labute approximate surface area is 147 Å². The highest BCUT2D eigenvalue weighted by Gasteiger charge is 2.36. The first-order valence-electron chi connectivity index (χ1n) is 8.67. The molecule has 0 spiro atoms. The van der Waals surface area contributed by atoms with Crippen molar-refractivity contribution in [3.63, 3.8) is 0 Å². The second kappa shape index (κ2) is 7.09. The van der Waals surface area contributed by atoms with Crippen molar-refractivity contribution in [2.75, 3.05) is 5.32 Å². The Hall–Kier alpha value is -2.63. The normalized spacial score (nSPS) is 17.7. The Kier molecular flexibility index (Phi) is 4.88. The van der Waals surface area contributed by atoms with Gasteiger partial charge in [0.05, 0.1) is 0 Å². The second-order valence-electron chi connectivity index (χ2n) is 6.63. The summed E-state index contributed by atoms with van der Waals surface area (Å²) in [5.41, 5.74) is 2.23. The lowest BCUT2D eigenvalue weighted by molar-refractivity contribution is -0.143. The molecule has 1 N–H and O–H groups in total. The molecule has 132 valence electrons. The highest BCUT2D eigenvalue weighted by Crippen LogP contribution is 2.26. The average molecular weight is 340 g/mol. The van der Waals surface area contributed by atoms with Gasteiger partial charge in [-0.3, -0.25) is 14.3 Å². The van der Waals surface area contributed by atoms with E-state index in [4.69, 9.17) is 0 Å². The van der Waals surface area contributed by atoms with Gasteiger partial charge in [0, 0.05) is 38.2 Å². The van der Waals surface area contributed by atoms with Gasteiger partial charge in [0.25, 0.3) is 0 Å².